The van der Waals surface area contributed by atoms with Crippen LogP contribution < -0.4 is 10.4 Å². The third kappa shape index (κ3) is 7.62. The first-order valence-corrected chi connectivity index (χ1v) is 8.16. The van der Waals surface area contributed by atoms with Crippen molar-refractivity contribution in [3.63, 3.8) is 0 Å². The van der Waals surface area contributed by atoms with Crippen molar-refractivity contribution >= 4 is 5.97 Å². The molecule has 0 fully saturated rings. The molecule has 132 valence electrons. The van der Waals surface area contributed by atoms with Gasteiger partial charge in [0.2, 0.25) is 0 Å². The van der Waals surface area contributed by atoms with Crippen LogP contribution in [0.2, 0.25) is 0 Å². The second kappa shape index (κ2) is 11.0. The predicted molar refractivity (Wildman–Crippen MR) is 92.7 cm³/mol. The third-order valence-corrected chi connectivity index (χ3v) is 3.66. The second-order valence-corrected chi connectivity index (χ2v) is 5.96. The van der Waals surface area contributed by atoms with E-state index < -0.39 is 12.1 Å². The number of carboxylic acids is 1. The first-order valence-electron chi connectivity index (χ1n) is 8.16. The van der Waals surface area contributed by atoms with Crippen LogP contribution in [0.15, 0.2) is 60.7 Å². The van der Waals surface area contributed by atoms with Gasteiger partial charge in [0.1, 0.15) is 18.7 Å². The molecule has 2 rings (SSSR count). The Morgan fingerprint density at radius 1 is 1.12 bits per heavy atom. The fourth-order valence-electron chi connectivity index (χ4n) is 2.12. The Hall–Kier alpha value is -2.68. The van der Waals surface area contributed by atoms with E-state index in [0.29, 0.717) is 11.5 Å². The number of nitrogens with two attached hydrogens (primary N) is 1. The van der Waals surface area contributed by atoms with E-state index >= 15 is 0 Å². The number of benzene rings is 2. The Labute approximate surface area is 148 Å². The van der Waals surface area contributed by atoms with Crippen LogP contribution in [0, 0.1) is 17.2 Å². The largest absolute Gasteiger partial charge is 0.547 e. The normalized spacial score (nSPS) is 12.4. The lowest BCUT2D eigenvalue weighted by molar-refractivity contribution is -0.698. The zero-order valence-corrected chi connectivity index (χ0v) is 14.5. The zero-order chi connectivity index (χ0) is 18.7. The lowest BCUT2D eigenvalue weighted by atomic mass is 10.1. The molecular formula is C20H24N2O3. The molecule has 5 nitrogen and oxygen atoms in total. The number of aliphatic hydroxyl groups is 1. The van der Waals surface area contributed by atoms with Crippen LogP contribution in [0.4, 0.5) is 0 Å². The first kappa shape index (κ1) is 20.4. The summed E-state index contributed by atoms with van der Waals surface area (Å²) in [6.07, 6.45) is -1.52. The summed E-state index contributed by atoms with van der Waals surface area (Å²) in [6.45, 7) is 5.04. The average molecular weight is 340 g/mol. The molecule has 0 amide bonds. The van der Waals surface area contributed by atoms with E-state index in [1.165, 1.54) is 17.7 Å². The molecule has 2 atom stereocenters. The molecule has 0 saturated heterocycles. The van der Waals surface area contributed by atoms with Crippen LogP contribution >= 0.6 is 0 Å². The summed E-state index contributed by atoms with van der Waals surface area (Å²) in [5.74, 6) is -1.07. The van der Waals surface area contributed by atoms with Gasteiger partial charge in [0, 0.05) is 11.5 Å². The van der Waals surface area contributed by atoms with E-state index in [-0.39, 0.29) is 6.04 Å². The molecule has 0 aliphatic rings. The monoisotopic (exact) mass is 340 g/mol. The maximum atomic E-state index is 10.1. The zero-order valence-electron chi connectivity index (χ0n) is 14.5. The molecule has 0 aliphatic heterocycles. The molecule has 25 heavy (non-hydrogen) atoms. The van der Waals surface area contributed by atoms with Crippen molar-refractivity contribution in [2.24, 2.45) is 5.92 Å². The van der Waals surface area contributed by atoms with Crippen molar-refractivity contribution in [2.75, 3.05) is 0 Å². The van der Waals surface area contributed by atoms with E-state index in [0.717, 1.165) is 6.54 Å². The average Bonchev–Trinajstić information content (AvgIpc) is 2.63. The number of hydrogen-bond acceptors (Lipinski definition) is 4. The molecule has 0 unspecified atom stereocenters. The van der Waals surface area contributed by atoms with Crippen LogP contribution in [0.1, 0.15) is 31.1 Å². The Balaban J connectivity index is 0.000000257. The molecule has 0 bridgehead atoms. The van der Waals surface area contributed by atoms with Gasteiger partial charge in [0.25, 0.3) is 0 Å². The van der Waals surface area contributed by atoms with Gasteiger partial charge in [0.15, 0.2) is 6.04 Å². The number of carbonyl (C=O) groups is 1. The minimum atomic E-state index is -1.52. The summed E-state index contributed by atoms with van der Waals surface area (Å²) in [5, 5.41) is 30.1. The predicted octanol–water partition coefficient (Wildman–Crippen LogP) is 0.768. The van der Waals surface area contributed by atoms with Crippen molar-refractivity contribution in [3.05, 3.63) is 71.8 Å². The fraction of sp³-hybridized carbons (Fsp3) is 0.300. The Morgan fingerprint density at radius 2 is 1.64 bits per heavy atom. The van der Waals surface area contributed by atoms with Gasteiger partial charge in [-0.25, -0.2) is 0 Å². The molecule has 5 heteroatoms. The molecule has 0 spiro atoms. The van der Waals surface area contributed by atoms with Crippen LogP contribution in [-0.2, 0) is 11.3 Å². The number of nitriles is 1. The Bertz CT molecular complexity index is 666. The molecule has 0 radical (unpaired) electrons. The SMILES string of the molecule is CC(C)[C@H](C#N)[NH2+]Cc1ccccc1.O=C([O-])[C@H](O)c1ccccc1. The van der Waals surface area contributed by atoms with Gasteiger partial charge in [-0.1, -0.05) is 74.5 Å². The van der Waals surface area contributed by atoms with Gasteiger partial charge in [0.05, 0.1) is 5.97 Å². The van der Waals surface area contributed by atoms with Crippen molar-refractivity contribution in [1.29, 1.82) is 5.26 Å². The molecule has 2 aromatic rings. The maximum Gasteiger partial charge on any atom is 0.175 e. The second-order valence-electron chi connectivity index (χ2n) is 5.96. The van der Waals surface area contributed by atoms with Crippen molar-refractivity contribution in [3.8, 4) is 6.07 Å². The summed E-state index contributed by atoms with van der Waals surface area (Å²) < 4.78 is 0. The van der Waals surface area contributed by atoms with Crippen LogP contribution in [0.3, 0.4) is 0 Å². The highest BCUT2D eigenvalue weighted by Crippen LogP contribution is 2.09. The highest BCUT2D eigenvalue weighted by Gasteiger charge is 2.14. The summed E-state index contributed by atoms with van der Waals surface area (Å²) in [5.41, 5.74) is 1.61. The van der Waals surface area contributed by atoms with Crippen molar-refractivity contribution in [1.82, 2.24) is 0 Å². The third-order valence-electron chi connectivity index (χ3n) is 3.66. The summed E-state index contributed by atoms with van der Waals surface area (Å²) in [4.78, 5) is 10.1. The van der Waals surface area contributed by atoms with Gasteiger partial charge >= 0.3 is 0 Å². The van der Waals surface area contributed by atoms with Crippen LogP contribution in [-0.4, -0.2) is 17.1 Å². The topological polar surface area (TPSA) is 101 Å². The molecule has 0 heterocycles. The molecule has 0 saturated carbocycles. The van der Waals surface area contributed by atoms with E-state index in [4.69, 9.17) is 10.4 Å². The van der Waals surface area contributed by atoms with E-state index in [2.05, 4.69) is 37.4 Å². The quantitative estimate of drug-likeness (QED) is 0.811. The number of quaternary nitrogens is 1. The summed E-state index contributed by atoms with van der Waals surface area (Å²) >= 11 is 0. The maximum absolute atomic E-state index is 10.1. The van der Waals surface area contributed by atoms with Crippen molar-refractivity contribution in [2.45, 2.75) is 32.5 Å². The highest BCUT2D eigenvalue weighted by molar-refractivity contribution is 5.71. The smallest absolute Gasteiger partial charge is 0.175 e. The first-order chi connectivity index (χ1) is 12.0. The number of aliphatic carboxylic acids is 1. The van der Waals surface area contributed by atoms with Crippen molar-refractivity contribution < 1.29 is 20.3 Å². The lowest BCUT2D eigenvalue weighted by Gasteiger charge is -2.11. The number of carboxylic acid groups (broad SMARTS) is 1. The standard InChI is InChI=1S/C12H16N2.C8H8O3/c1-10(2)12(8-13)14-9-11-6-4-3-5-7-11;9-7(8(10)11)6-4-2-1-3-5-6/h3-7,10,12,14H,9H2,1-2H3;1-5,7,9H,(H,10,11)/t12-;7-/m01/s1. The van der Waals surface area contributed by atoms with Crippen LogP contribution in [0.5, 0.6) is 0 Å². The minimum Gasteiger partial charge on any atom is -0.547 e. The van der Waals surface area contributed by atoms with E-state index in [9.17, 15) is 9.90 Å². The molecule has 0 aromatic heterocycles. The van der Waals surface area contributed by atoms with Crippen LogP contribution in [0.25, 0.3) is 0 Å². The number of carbonyl (C=O) groups excluding carboxylic acids is 1. The van der Waals surface area contributed by atoms with Gasteiger partial charge in [-0.3, -0.25) is 0 Å². The van der Waals surface area contributed by atoms with E-state index in [1.807, 2.05) is 18.2 Å². The fourth-order valence-corrected chi connectivity index (χ4v) is 2.12. The molecular weight excluding hydrogens is 316 g/mol. The lowest BCUT2D eigenvalue weighted by Crippen LogP contribution is -2.89. The Morgan fingerprint density at radius 3 is 2.08 bits per heavy atom. The number of hydrogen-bond donors (Lipinski definition) is 2. The Kier molecular flexibility index (Phi) is 8.94. The van der Waals surface area contributed by atoms with Gasteiger partial charge in [-0.05, 0) is 5.56 Å². The summed E-state index contributed by atoms with van der Waals surface area (Å²) in [6, 6.07) is 20.7. The van der Waals surface area contributed by atoms with E-state index in [1.54, 1.807) is 18.2 Å². The number of aliphatic hydroxyl groups excluding tert-OH is 1. The minimum absolute atomic E-state index is 0.0650. The molecule has 0 aliphatic carbocycles. The number of nitrogens with zero attached hydrogens (tertiary/aromatic N) is 1. The number of rotatable bonds is 6. The molecule has 3 N–H and O–H groups in total. The van der Waals surface area contributed by atoms with Gasteiger partial charge < -0.3 is 20.3 Å². The van der Waals surface area contributed by atoms with Gasteiger partial charge in [-0.2, -0.15) is 5.26 Å². The van der Waals surface area contributed by atoms with Gasteiger partial charge in [-0.15, -0.1) is 0 Å². The molecule has 2 aromatic carbocycles. The summed E-state index contributed by atoms with van der Waals surface area (Å²) in [7, 11) is 0. The highest BCUT2D eigenvalue weighted by atomic mass is 16.4.